The van der Waals surface area contributed by atoms with Gasteiger partial charge < -0.3 is 20.3 Å². The van der Waals surface area contributed by atoms with E-state index < -0.39 is 15.6 Å². The van der Waals surface area contributed by atoms with Crippen LogP contribution in [0.3, 0.4) is 0 Å². The Bertz CT molecular complexity index is 857. The van der Waals surface area contributed by atoms with Crippen LogP contribution in [0.15, 0.2) is 24.3 Å². The van der Waals surface area contributed by atoms with E-state index in [9.17, 15) is 13.2 Å². The minimum absolute atomic E-state index is 0.0226. The molecular formula is C20H29N3O4S. The van der Waals surface area contributed by atoms with Gasteiger partial charge in [-0.1, -0.05) is 6.92 Å². The Hall–Kier alpha value is -1.80. The molecule has 4 fully saturated rings. The number of nitrogens with zero attached hydrogens (tertiary/aromatic N) is 2. The molecule has 7 nitrogen and oxygen atoms in total. The van der Waals surface area contributed by atoms with Crippen molar-refractivity contribution in [1.82, 2.24) is 4.90 Å². The van der Waals surface area contributed by atoms with Gasteiger partial charge in [-0.05, 0) is 43.5 Å². The number of carbonyl (C=O) groups is 1. The second-order valence-corrected chi connectivity index (χ2v) is 10.6. The summed E-state index contributed by atoms with van der Waals surface area (Å²) in [6, 6.07) is 8.47. The van der Waals surface area contributed by atoms with Crippen LogP contribution in [0, 0.1) is 11.3 Å². The maximum atomic E-state index is 12.8. The molecule has 1 aromatic rings. The number of carbonyl (C=O) groups excluding carboxylic acids is 1. The molecule has 4 atom stereocenters. The zero-order valence-electron chi connectivity index (χ0n) is 16.5. The average molecular weight is 408 g/mol. The van der Waals surface area contributed by atoms with Crippen LogP contribution in [0.4, 0.5) is 5.69 Å². The van der Waals surface area contributed by atoms with Crippen molar-refractivity contribution in [3.63, 3.8) is 0 Å². The van der Waals surface area contributed by atoms with Gasteiger partial charge in [0.2, 0.25) is 5.91 Å². The quantitative estimate of drug-likeness (QED) is 0.721. The predicted molar refractivity (Wildman–Crippen MR) is 108 cm³/mol. The molecule has 1 aromatic carbocycles. The second-order valence-electron chi connectivity index (χ2n) is 8.44. The topological polar surface area (TPSA) is 92.9 Å². The number of hydrogen-bond donors (Lipinski definition) is 1. The lowest BCUT2D eigenvalue weighted by molar-refractivity contribution is -0.136. The van der Waals surface area contributed by atoms with E-state index in [4.69, 9.17) is 10.5 Å². The Labute approximate surface area is 166 Å². The summed E-state index contributed by atoms with van der Waals surface area (Å²) in [7, 11) is -3.44. The molecule has 0 spiro atoms. The molecule has 2 N–H and O–H groups in total. The maximum Gasteiger partial charge on any atom is 0.238 e. The van der Waals surface area contributed by atoms with Gasteiger partial charge in [-0.3, -0.25) is 4.79 Å². The fraction of sp³-hybridized carbons (Fsp3) is 0.650. The lowest BCUT2D eigenvalue weighted by Gasteiger charge is -2.61. The number of piperidine rings is 2. The summed E-state index contributed by atoms with van der Waals surface area (Å²) in [5.74, 6) is 0.395. The largest absolute Gasteiger partial charge is 0.494 e. The first kappa shape index (κ1) is 19.5. The van der Waals surface area contributed by atoms with Crippen molar-refractivity contribution in [2.45, 2.75) is 32.4 Å². The van der Waals surface area contributed by atoms with Crippen molar-refractivity contribution in [1.29, 1.82) is 0 Å². The van der Waals surface area contributed by atoms with Crippen LogP contribution in [0.1, 0.15) is 20.3 Å². The summed E-state index contributed by atoms with van der Waals surface area (Å²) in [6.45, 7) is 6.37. The average Bonchev–Trinajstić information content (AvgIpc) is 2.76. The summed E-state index contributed by atoms with van der Waals surface area (Å²) >= 11 is 0. The molecule has 4 bridgehead atoms. The first-order valence-corrected chi connectivity index (χ1v) is 11.8. The van der Waals surface area contributed by atoms with Crippen molar-refractivity contribution in [3.05, 3.63) is 24.3 Å². The van der Waals surface area contributed by atoms with E-state index in [1.54, 1.807) is 0 Å². The van der Waals surface area contributed by atoms with Gasteiger partial charge in [0.25, 0.3) is 0 Å². The Balaban J connectivity index is 1.53. The van der Waals surface area contributed by atoms with Crippen molar-refractivity contribution in [3.8, 4) is 5.75 Å². The molecule has 1 saturated carbocycles. The number of amides is 1. The summed E-state index contributed by atoms with van der Waals surface area (Å²) in [4.78, 5) is 17.0. The van der Waals surface area contributed by atoms with Crippen LogP contribution in [0.2, 0.25) is 0 Å². The van der Waals surface area contributed by atoms with Gasteiger partial charge in [0.05, 0.1) is 18.4 Å². The molecule has 3 heterocycles. The molecule has 28 heavy (non-hydrogen) atoms. The first-order chi connectivity index (χ1) is 13.3. The lowest BCUT2D eigenvalue weighted by atomic mass is 9.54. The number of hydrogen-bond acceptors (Lipinski definition) is 6. The molecule has 0 aromatic heterocycles. The molecular weight excluding hydrogens is 378 g/mol. The number of likely N-dealkylation sites (tertiary alicyclic amines) is 1. The third kappa shape index (κ3) is 3.06. The van der Waals surface area contributed by atoms with Gasteiger partial charge in [-0.2, -0.15) is 0 Å². The molecule has 4 aliphatic rings. The van der Waals surface area contributed by atoms with Crippen molar-refractivity contribution in [2.75, 3.05) is 42.6 Å². The molecule has 1 aliphatic carbocycles. The molecule has 3 saturated heterocycles. The lowest BCUT2D eigenvalue weighted by Crippen LogP contribution is -2.68. The zero-order valence-corrected chi connectivity index (χ0v) is 17.3. The van der Waals surface area contributed by atoms with Gasteiger partial charge in [-0.15, -0.1) is 0 Å². The number of anilines is 1. The summed E-state index contributed by atoms with van der Waals surface area (Å²) in [5, 5.41) is 0. The fourth-order valence-corrected chi connectivity index (χ4v) is 6.64. The zero-order chi connectivity index (χ0) is 20.1. The SMILES string of the molecule is CCOc1ccc(N2C[C@@H]3CC4(C)C3N(C(=O)CS(=O)(=O)CCN)C[C@@H]24)cc1. The first-order valence-electron chi connectivity index (χ1n) is 9.98. The minimum atomic E-state index is -3.44. The fourth-order valence-electron chi connectivity index (χ4n) is 5.59. The van der Waals surface area contributed by atoms with Crippen molar-refractivity contribution in [2.24, 2.45) is 17.1 Å². The van der Waals surface area contributed by atoms with E-state index >= 15 is 0 Å². The minimum Gasteiger partial charge on any atom is -0.494 e. The van der Waals surface area contributed by atoms with Crippen LogP contribution in [0.5, 0.6) is 5.75 Å². The molecule has 8 heteroatoms. The highest BCUT2D eigenvalue weighted by atomic mass is 32.2. The maximum absolute atomic E-state index is 12.8. The Morgan fingerprint density at radius 2 is 2.00 bits per heavy atom. The summed E-state index contributed by atoms with van der Waals surface area (Å²) in [5.41, 5.74) is 6.53. The van der Waals surface area contributed by atoms with E-state index in [-0.39, 0.29) is 35.7 Å². The van der Waals surface area contributed by atoms with E-state index in [1.807, 2.05) is 24.0 Å². The van der Waals surface area contributed by atoms with Crippen LogP contribution in [0.25, 0.3) is 0 Å². The Kier molecular flexibility index (Phi) is 4.82. The van der Waals surface area contributed by atoms with Crippen molar-refractivity contribution >= 4 is 21.4 Å². The standard InChI is InChI=1S/C20H29N3O4S/c1-3-27-16-6-4-15(5-7-16)22-11-14-10-20(2)17(22)12-23(19(14)20)18(24)13-28(25,26)9-8-21/h4-7,14,17,19H,3,8-13,21H2,1-2H3/t14-,17+,19?,20?/m0/s1. The predicted octanol–water partition coefficient (Wildman–Crippen LogP) is 0.884. The van der Waals surface area contributed by atoms with Gasteiger partial charge in [0, 0.05) is 36.8 Å². The third-order valence-electron chi connectivity index (χ3n) is 6.67. The number of fused-ring (bicyclic) bond motifs is 1. The molecule has 154 valence electrons. The van der Waals surface area contributed by atoms with Gasteiger partial charge >= 0.3 is 0 Å². The molecule has 5 rings (SSSR count). The van der Waals surface area contributed by atoms with Gasteiger partial charge in [0.15, 0.2) is 9.84 Å². The second kappa shape index (κ2) is 6.91. The highest BCUT2D eigenvalue weighted by Crippen LogP contribution is 2.61. The van der Waals surface area contributed by atoms with Gasteiger partial charge in [-0.25, -0.2) is 8.42 Å². The Morgan fingerprint density at radius 3 is 2.64 bits per heavy atom. The number of sulfone groups is 1. The number of ether oxygens (including phenoxy) is 1. The smallest absolute Gasteiger partial charge is 0.238 e. The number of benzene rings is 1. The highest BCUT2D eigenvalue weighted by molar-refractivity contribution is 7.92. The van der Waals surface area contributed by atoms with Crippen LogP contribution >= 0.6 is 0 Å². The number of rotatable bonds is 7. The summed E-state index contributed by atoms with van der Waals surface area (Å²) < 4.78 is 29.7. The Morgan fingerprint density at radius 1 is 1.29 bits per heavy atom. The van der Waals surface area contributed by atoms with E-state index in [2.05, 4.69) is 24.0 Å². The van der Waals surface area contributed by atoms with E-state index in [0.717, 1.165) is 24.4 Å². The van der Waals surface area contributed by atoms with Gasteiger partial charge in [0.1, 0.15) is 11.5 Å². The molecule has 3 aliphatic heterocycles. The third-order valence-corrected chi connectivity index (χ3v) is 8.21. The normalized spacial score (nSPS) is 30.9. The molecule has 2 unspecified atom stereocenters. The molecule has 0 radical (unpaired) electrons. The van der Waals surface area contributed by atoms with Crippen LogP contribution in [-0.2, 0) is 14.6 Å². The molecule has 1 amide bonds. The van der Waals surface area contributed by atoms with E-state index in [1.165, 1.54) is 0 Å². The monoisotopic (exact) mass is 407 g/mol. The number of nitrogens with two attached hydrogens (primary N) is 1. The summed E-state index contributed by atoms with van der Waals surface area (Å²) in [6.07, 6.45) is 1.09. The van der Waals surface area contributed by atoms with Crippen LogP contribution in [-0.4, -0.2) is 69.1 Å². The van der Waals surface area contributed by atoms with Crippen molar-refractivity contribution < 1.29 is 17.9 Å². The highest BCUT2D eigenvalue weighted by Gasteiger charge is 2.68. The van der Waals surface area contributed by atoms with Crippen LogP contribution < -0.4 is 15.4 Å². The van der Waals surface area contributed by atoms with E-state index in [0.29, 0.717) is 19.1 Å².